The fourth-order valence-electron chi connectivity index (χ4n) is 3.14. The molecule has 0 saturated carbocycles. The third kappa shape index (κ3) is 2.89. The number of nitro groups is 1. The summed E-state index contributed by atoms with van der Waals surface area (Å²) in [6.45, 7) is 0. The van der Waals surface area contributed by atoms with Gasteiger partial charge in [-0.3, -0.25) is 10.1 Å². The van der Waals surface area contributed by atoms with Crippen LogP contribution in [0.25, 0.3) is 5.82 Å². The predicted octanol–water partition coefficient (Wildman–Crippen LogP) is 3.52. The van der Waals surface area contributed by atoms with Gasteiger partial charge in [0.1, 0.15) is 5.02 Å². The summed E-state index contributed by atoms with van der Waals surface area (Å²) >= 11 is 6.15. The second-order valence-electron chi connectivity index (χ2n) is 6.05. The molecular weight excluding hydrogens is 356 g/mol. The number of rotatable bonds is 4. The van der Waals surface area contributed by atoms with Gasteiger partial charge < -0.3 is 11.1 Å². The van der Waals surface area contributed by atoms with E-state index in [1.54, 1.807) is 18.5 Å². The largest absolute Gasteiger partial charge is 0.334 e. The Morgan fingerprint density at radius 2 is 2.23 bits per heavy atom. The van der Waals surface area contributed by atoms with Gasteiger partial charge in [0, 0.05) is 30.2 Å². The smallest absolute Gasteiger partial charge is 0.330 e. The fraction of sp³-hybridized carbons (Fsp3) is 0.176. The molecule has 0 fully saturated rings. The molecule has 1 aliphatic carbocycles. The highest BCUT2D eigenvalue weighted by atomic mass is 35.5. The van der Waals surface area contributed by atoms with Gasteiger partial charge in [0.05, 0.1) is 4.92 Å². The van der Waals surface area contributed by atoms with Crippen molar-refractivity contribution in [3.63, 3.8) is 0 Å². The number of aryl methyl sites for hydroxylation is 1. The molecule has 4 rings (SSSR count). The molecule has 2 heterocycles. The molecule has 0 aliphatic heterocycles. The first-order valence-corrected chi connectivity index (χ1v) is 8.41. The first-order chi connectivity index (χ1) is 12.5. The highest BCUT2D eigenvalue weighted by Gasteiger charge is 2.24. The van der Waals surface area contributed by atoms with Gasteiger partial charge in [-0.2, -0.15) is 5.10 Å². The second-order valence-corrected chi connectivity index (χ2v) is 6.46. The number of anilines is 2. The van der Waals surface area contributed by atoms with E-state index in [9.17, 15) is 10.1 Å². The lowest BCUT2D eigenvalue weighted by Gasteiger charge is -2.11. The second kappa shape index (κ2) is 6.40. The van der Waals surface area contributed by atoms with Crippen molar-refractivity contribution < 1.29 is 4.92 Å². The molecule has 9 heteroatoms. The average Bonchev–Trinajstić information content (AvgIpc) is 3.24. The molecule has 0 saturated heterocycles. The van der Waals surface area contributed by atoms with Crippen LogP contribution in [0.1, 0.15) is 23.6 Å². The van der Waals surface area contributed by atoms with Crippen LogP contribution < -0.4 is 11.1 Å². The Labute approximate surface area is 153 Å². The molecule has 2 aromatic heterocycles. The third-order valence-electron chi connectivity index (χ3n) is 4.38. The summed E-state index contributed by atoms with van der Waals surface area (Å²) in [5.74, 6) is 0.450. The molecule has 1 atom stereocenters. The predicted molar refractivity (Wildman–Crippen MR) is 98.0 cm³/mol. The standard InChI is InChI=1S/C17H15ClN6O2/c18-13-9-15(23-7-1-6-20-23)22-17(16(13)24(25)26)21-11-3-4-12-10(8-11)2-5-14(12)19/h1,3-4,6-9,14H,2,5,19H2,(H,21,22). The molecule has 1 aromatic carbocycles. The van der Waals surface area contributed by atoms with Crippen LogP contribution in [0.4, 0.5) is 17.2 Å². The van der Waals surface area contributed by atoms with E-state index in [0.29, 0.717) is 11.5 Å². The zero-order valence-electron chi connectivity index (χ0n) is 13.6. The zero-order valence-corrected chi connectivity index (χ0v) is 14.3. The van der Waals surface area contributed by atoms with Gasteiger partial charge in [-0.1, -0.05) is 17.7 Å². The summed E-state index contributed by atoms with van der Waals surface area (Å²) in [5.41, 5.74) is 8.73. The van der Waals surface area contributed by atoms with Crippen LogP contribution in [0.5, 0.6) is 0 Å². The van der Waals surface area contributed by atoms with Crippen LogP contribution >= 0.6 is 11.6 Å². The molecule has 3 aromatic rings. The van der Waals surface area contributed by atoms with Gasteiger partial charge in [-0.25, -0.2) is 9.67 Å². The molecule has 0 radical (unpaired) electrons. The Bertz CT molecular complexity index is 989. The van der Waals surface area contributed by atoms with Crippen LogP contribution in [0.15, 0.2) is 42.7 Å². The number of halogens is 1. The molecule has 26 heavy (non-hydrogen) atoms. The van der Waals surface area contributed by atoms with Gasteiger partial charge in [0.15, 0.2) is 5.82 Å². The van der Waals surface area contributed by atoms with Crippen LogP contribution in [0, 0.1) is 10.1 Å². The van der Waals surface area contributed by atoms with Crippen molar-refractivity contribution >= 4 is 28.8 Å². The lowest BCUT2D eigenvalue weighted by molar-refractivity contribution is -0.384. The monoisotopic (exact) mass is 370 g/mol. The minimum Gasteiger partial charge on any atom is -0.334 e. The van der Waals surface area contributed by atoms with E-state index in [1.807, 2.05) is 18.2 Å². The van der Waals surface area contributed by atoms with Crippen LogP contribution in [0.3, 0.4) is 0 Å². The molecule has 1 aliphatic rings. The summed E-state index contributed by atoms with van der Waals surface area (Å²) in [4.78, 5) is 15.3. The van der Waals surface area contributed by atoms with Gasteiger partial charge in [0.25, 0.3) is 0 Å². The number of nitrogens with two attached hydrogens (primary N) is 1. The number of aromatic nitrogens is 3. The summed E-state index contributed by atoms with van der Waals surface area (Å²) in [7, 11) is 0. The first-order valence-electron chi connectivity index (χ1n) is 8.03. The summed E-state index contributed by atoms with van der Waals surface area (Å²) in [6.07, 6.45) is 5.06. The van der Waals surface area contributed by atoms with E-state index in [1.165, 1.54) is 10.7 Å². The molecule has 1 unspecified atom stereocenters. The van der Waals surface area contributed by atoms with E-state index in [0.717, 1.165) is 24.0 Å². The van der Waals surface area contributed by atoms with Crippen molar-refractivity contribution in [1.29, 1.82) is 0 Å². The normalized spacial score (nSPS) is 15.7. The Kier molecular flexibility index (Phi) is 4.06. The van der Waals surface area contributed by atoms with E-state index in [-0.39, 0.29) is 22.6 Å². The Morgan fingerprint density at radius 1 is 1.38 bits per heavy atom. The lowest BCUT2D eigenvalue weighted by atomic mass is 10.1. The van der Waals surface area contributed by atoms with Crippen molar-refractivity contribution in [1.82, 2.24) is 14.8 Å². The van der Waals surface area contributed by atoms with Gasteiger partial charge >= 0.3 is 5.69 Å². The molecular formula is C17H15ClN6O2. The number of nitrogens with one attached hydrogen (secondary N) is 1. The fourth-order valence-corrected chi connectivity index (χ4v) is 3.40. The topological polar surface area (TPSA) is 112 Å². The minimum atomic E-state index is -0.548. The SMILES string of the molecule is NC1CCc2cc(Nc3nc(-n4cccn4)cc(Cl)c3[N+](=O)[O-])ccc21. The van der Waals surface area contributed by atoms with Gasteiger partial charge in [-0.05, 0) is 42.2 Å². The molecule has 8 nitrogen and oxygen atoms in total. The quantitative estimate of drug-likeness (QED) is 0.536. The van der Waals surface area contributed by atoms with Crippen molar-refractivity contribution in [2.45, 2.75) is 18.9 Å². The maximum atomic E-state index is 11.5. The first kappa shape index (κ1) is 16.5. The van der Waals surface area contributed by atoms with E-state index in [2.05, 4.69) is 15.4 Å². The van der Waals surface area contributed by atoms with Gasteiger partial charge in [-0.15, -0.1) is 0 Å². The highest BCUT2D eigenvalue weighted by molar-refractivity contribution is 6.33. The maximum Gasteiger partial charge on any atom is 0.330 e. The van der Waals surface area contributed by atoms with Gasteiger partial charge in [0.2, 0.25) is 5.82 Å². The number of benzene rings is 1. The average molecular weight is 371 g/mol. The van der Waals surface area contributed by atoms with Crippen molar-refractivity contribution in [3.8, 4) is 5.82 Å². The van der Waals surface area contributed by atoms with Crippen LogP contribution in [-0.2, 0) is 6.42 Å². The number of pyridine rings is 1. The van der Waals surface area contributed by atoms with Crippen LogP contribution in [0.2, 0.25) is 5.02 Å². The number of fused-ring (bicyclic) bond motifs is 1. The van der Waals surface area contributed by atoms with E-state index < -0.39 is 4.92 Å². The lowest BCUT2D eigenvalue weighted by Crippen LogP contribution is -2.06. The van der Waals surface area contributed by atoms with E-state index >= 15 is 0 Å². The molecule has 0 amide bonds. The third-order valence-corrected chi connectivity index (χ3v) is 4.67. The zero-order chi connectivity index (χ0) is 18.3. The Balaban J connectivity index is 1.76. The molecule has 0 bridgehead atoms. The minimum absolute atomic E-state index is 0.0128. The Morgan fingerprint density at radius 3 is 2.96 bits per heavy atom. The molecule has 3 N–H and O–H groups in total. The Hall–Kier alpha value is -2.97. The summed E-state index contributed by atoms with van der Waals surface area (Å²) in [6, 6.07) is 8.92. The highest BCUT2D eigenvalue weighted by Crippen LogP contribution is 2.36. The van der Waals surface area contributed by atoms with Crippen molar-refractivity contribution in [3.05, 3.63) is 69.0 Å². The summed E-state index contributed by atoms with van der Waals surface area (Å²) < 4.78 is 1.49. The maximum absolute atomic E-state index is 11.5. The van der Waals surface area contributed by atoms with Crippen molar-refractivity contribution in [2.75, 3.05) is 5.32 Å². The molecule has 132 valence electrons. The van der Waals surface area contributed by atoms with E-state index in [4.69, 9.17) is 17.3 Å². The number of nitrogens with zero attached hydrogens (tertiary/aromatic N) is 4. The van der Waals surface area contributed by atoms with Crippen molar-refractivity contribution in [2.24, 2.45) is 5.73 Å². The van der Waals surface area contributed by atoms with Crippen LogP contribution in [-0.4, -0.2) is 19.7 Å². The number of hydrogen-bond donors (Lipinski definition) is 2. The summed E-state index contributed by atoms with van der Waals surface area (Å²) in [5, 5.41) is 18.6. The number of hydrogen-bond acceptors (Lipinski definition) is 6. The molecule has 0 spiro atoms.